The number of nitrogens with zero attached hydrogens (tertiary/aromatic N) is 6. The van der Waals surface area contributed by atoms with Crippen molar-refractivity contribution in [3.63, 3.8) is 0 Å². The zero-order valence-corrected chi connectivity index (χ0v) is 31.7. The van der Waals surface area contributed by atoms with Crippen molar-refractivity contribution in [2.45, 2.75) is 83.0 Å². The molecule has 4 heterocycles. The number of thiophene rings is 1. The number of methoxy groups -OCH3 is 1. The zero-order valence-electron chi connectivity index (χ0n) is 30.1. The molecule has 1 saturated carbocycles. The number of fused-ring (bicyclic) bond motifs is 1. The van der Waals surface area contributed by atoms with Gasteiger partial charge in [0.25, 0.3) is 5.91 Å². The van der Waals surface area contributed by atoms with E-state index in [4.69, 9.17) is 21.3 Å². The van der Waals surface area contributed by atoms with Crippen LogP contribution in [-0.2, 0) is 33.8 Å². The molecule has 2 aromatic heterocycles. The average Bonchev–Trinajstić information content (AvgIpc) is 4.03. The number of carbonyl (C=O) groups is 2. The van der Waals surface area contributed by atoms with E-state index in [1.165, 1.54) is 17.6 Å². The molecule has 1 atom stereocenters. The van der Waals surface area contributed by atoms with Crippen LogP contribution >= 0.6 is 22.9 Å². The van der Waals surface area contributed by atoms with Crippen LogP contribution in [0.4, 0.5) is 0 Å². The minimum absolute atomic E-state index is 0.202. The van der Waals surface area contributed by atoms with Gasteiger partial charge in [0.15, 0.2) is 0 Å². The van der Waals surface area contributed by atoms with Crippen molar-refractivity contribution in [2.75, 3.05) is 13.7 Å². The number of esters is 1. The summed E-state index contributed by atoms with van der Waals surface area (Å²) in [5, 5.41) is 17.2. The fourth-order valence-corrected chi connectivity index (χ4v) is 8.78. The SMILES string of the molecule is CCCCC1=NC2(CCCC2)C(=O)N1Cc1ccc(-c2ccccc2-c2nn[nH]n2)cc1.COC(=O)[C@H](c1ccccc1Cl)N1CCc2sccc2C1. The van der Waals surface area contributed by atoms with Gasteiger partial charge in [-0.3, -0.25) is 19.6 Å². The van der Waals surface area contributed by atoms with E-state index in [-0.39, 0.29) is 11.9 Å². The minimum Gasteiger partial charge on any atom is -0.468 e. The number of aromatic amines is 1. The van der Waals surface area contributed by atoms with Crippen LogP contribution in [0.5, 0.6) is 0 Å². The number of amides is 1. The van der Waals surface area contributed by atoms with E-state index in [1.807, 2.05) is 47.4 Å². The zero-order chi connectivity index (χ0) is 36.8. The number of nitrogens with one attached hydrogen (secondary N) is 1. The molecule has 10 nitrogen and oxygen atoms in total. The van der Waals surface area contributed by atoms with E-state index in [9.17, 15) is 9.59 Å². The summed E-state index contributed by atoms with van der Waals surface area (Å²) in [6.07, 6.45) is 7.98. The Morgan fingerprint density at radius 2 is 1.77 bits per heavy atom. The van der Waals surface area contributed by atoms with Crippen LogP contribution in [0.3, 0.4) is 0 Å². The molecular formula is C41H44ClN7O3S. The van der Waals surface area contributed by atoms with Crippen LogP contribution < -0.4 is 0 Å². The predicted molar refractivity (Wildman–Crippen MR) is 208 cm³/mol. The lowest BCUT2D eigenvalue weighted by Gasteiger charge is -2.33. The Balaban J connectivity index is 0.000000179. The number of H-pyrrole nitrogens is 1. The van der Waals surface area contributed by atoms with E-state index < -0.39 is 11.6 Å². The normalized spacial score (nSPS) is 16.9. The number of hydrogen-bond donors (Lipinski definition) is 1. The maximum atomic E-state index is 13.4. The quantitative estimate of drug-likeness (QED) is 0.143. The molecule has 53 heavy (non-hydrogen) atoms. The molecule has 1 aliphatic carbocycles. The first-order valence-electron chi connectivity index (χ1n) is 18.3. The van der Waals surface area contributed by atoms with Crippen molar-refractivity contribution in [1.82, 2.24) is 30.4 Å². The number of carbonyl (C=O) groups excluding carboxylic acids is 2. The van der Waals surface area contributed by atoms with Gasteiger partial charge in [0.1, 0.15) is 17.4 Å². The molecule has 8 rings (SSSR count). The highest BCUT2D eigenvalue weighted by Crippen LogP contribution is 2.40. The van der Waals surface area contributed by atoms with Crippen molar-refractivity contribution < 1.29 is 14.3 Å². The first-order valence-corrected chi connectivity index (χ1v) is 19.6. The summed E-state index contributed by atoms with van der Waals surface area (Å²) < 4.78 is 5.01. The van der Waals surface area contributed by atoms with E-state index in [1.54, 1.807) is 11.3 Å². The number of unbranched alkanes of at least 4 members (excludes halogenated alkanes) is 1. The Morgan fingerprint density at radius 3 is 2.49 bits per heavy atom. The lowest BCUT2D eigenvalue weighted by Crippen LogP contribution is -2.40. The van der Waals surface area contributed by atoms with Crippen molar-refractivity contribution in [1.29, 1.82) is 0 Å². The number of benzene rings is 3. The molecule has 5 aromatic rings. The van der Waals surface area contributed by atoms with Crippen molar-refractivity contribution in [3.05, 3.63) is 111 Å². The summed E-state index contributed by atoms with van der Waals surface area (Å²) in [6, 6.07) is 25.6. The van der Waals surface area contributed by atoms with Gasteiger partial charge >= 0.3 is 5.97 Å². The lowest BCUT2D eigenvalue weighted by atomic mass is 9.97. The van der Waals surface area contributed by atoms with Gasteiger partial charge in [-0.1, -0.05) is 105 Å². The second-order valence-electron chi connectivity index (χ2n) is 13.8. The molecule has 0 saturated heterocycles. The molecule has 0 bridgehead atoms. The van der Waals surface area contributed by atoms with E-state index >= 15 is 0 Å². The van der Waals surface area contributed by atoms with Crippen molar-refractivity contribution >= 4 is 40.6 Å². The summed E-state index contributed by atoms with van der Waals surface area (Å²) in [6.45, 7) is 4.34. The Bertz CT molecular complexity index is 2060. The monoisotopic (exact) mass is 749 g/mol. The molecule has 1 amide bonds. The standard InChI is InChI=1S/C25H28N6O.C16H16ClNO2S/c1-2-3-10-22-26-25(15-6-7-16-25)24(32)31(22)17-18-11-13-19(14-12-18)20-8-4-5-9-21(20)23-27-29-30-28-23;1-20-16(19)15(12-4-2-3-5-13(12)17)18-8-6-14-11(10-18)7-9-21-14/h4-5,8-9,11-14H,2-3,6-7,10,15-17H2,1H3,(H,27,28,29,30);2-5,7,9,15H,6,8,10H2,1H3/t;15-/m.0/s1. The van der Waals surface area contributed by atoms with Gasteiger partial charge in [-0.25, -0.2) is 4.79 Å². The van der Waals surface area contributed by atoms with Gasteiger partial charge in [0, 0.05) is 35.0 Å². The fourth-order valence-electron chi connectivity index (χ4n) is 7.65. The van der Waals surface area contributed by atoms with Crippen LogP contribution in [0.1, 0.15) is 79.5 Å². The molecule has 2 aliphatic heterocycles. The Labute approximate surface area is 319 Å². The Kier molecular flexibility index (Phi) is 11.4. The van der Waals surface area contributed by atoms with Crippen molar-refractivity contribution in [3.8, 4) is 22.5 Å². The van der Waals surface area contributed by atoms with Gasteiger partial charge in [-0.05, 0) is 76.2 Å². The second-order valence-corrected chi connectivity index (χ2v) is 15.2. The highest BCUT2D eigenvalue weighted by atomic mass is 35.5. The number of amidine groups is 1. The predicted octanol–water partition coefficient (Wildman–Crippen LogP) is 8.45. The molecule has 1 N–H and O–H groups in total. The summed E-state index contributed by atoms with van der Waals surface area (Å²) in [7, 11) is 1.42. The number of aliphatic imine (C=N–C) groups is 1. The maximum absolute atomic E-state index is 13.4. The number of rotatable bonds is 10. The van der Waals surface area contributed by atoms with Gasteiger partial charge in [0.2, 0.25) is 5.82 Å². The second kappa shape index (κ2) is 16.5. The van der Waals surface area contributed by atoms with Crippen LogP contribution in [0.25, 0.3) is 22.5 Å². The highest BCUT2D eigenvalue weighted by Gasteiger charge is 2.49. The summed E-state index contributed by atoms with van der Waals surface area (Å²) in [5.41, 5.74) is 5.80. The first kappa shape index (κ1) is 36.6. The minimum atomic E-state index is -0.480. The third-order valence-electron chi connectivity index (χ3n) is 10.4. The Morgan fingerprint density at radius 1 is 1.02 bits per heavy atom. The number of ether oxygens (including phenoxy) is 1. The molecular weight excluding hydrogens is 706 g/mol. The molecule has 1 spiro atoms. The average molecular weight is 750 g/mol. The molecule has 12 heteroatoms. The highest BCUT2D eigenvalue weighted by molar-refractivity contribution is 7.10. The molecule has 0 unspecified atom stereocenters. The summed E-state index contributed by atoms with van der Waals surface area (Å²) in [4.78, 5) is 36.1. The third kappa shape index (κ3) is 7.83. The molecule has 3 aromatic carbocycles. The van der Waals surface area contributed by atoms with Gasteiger partial charge in [0.05, 0.1) is 13.7 Å². The van der Waals surface area contributed by atoms with Crippen LogP contribution in [0.2, 0.25) is 5.02 Å². The third-order valence-corrected chi connectivity index (χ3v) is 11.8. The smallest absolute Gasteiger partial charge is 0.327 e. The number of halogens is 1. The van der Waals surface area contributed by atoms with E-state index in [2.05, 4.69) is 74.2 Å². The number of tetrazole rings is 1. The van der Waals surface area contributed by atoms with Crippen molar-refractivity contribution in [2.24, 2.45) is 4.99 Å². The van der Waals surface area contributed by atoms with Gasteiger partial charge in [-0.2, -0.15) is 5.21 Å². The van der Waals surface area contributed by atoms with Gasteiger partial charge < -0.3 is 4.74 Å². The molecule has 1 fully saturated rings. The molecule has 274 valence electrons. The number of aromatic nitrogens is 4. The lowest BCUT2D eigenvalue weighted by molar-refractivity contribution is -0.147. The van der Waals surface area contributed by atoms with E-state index in [0.717, 1.165) is 98.1 Å². The summed E-state index contributed by atoms with van der Waals surface area (Å²) in [5.74, 6) is 1.49. The fraction of sp³-hybridized carbons (Fsp3) is 0.366. The topological polar surface area (TPSA) is 117 Å². The van der Waals surface area contributed by atoms with Crippen LogP contribution in [-0.4, -0.2) is 67.3 Å². The first-order chi connectivity index (χ1) is 25.9. The van der Waals surface area contributed by atoms with Crippen LogP contribution in [0, 0.1) is 0 Å². The number of hydrogen-bond acceptors (Lipinski definition) is 9. The van der Waals surface area contributed by atoms with E-state index in [0.29, 0.717) is 17.4 Å². The summed E-state index contributed by atoms with van der Waals surface area (Å²) >= 11 is 8.07. The van der Waals surface area contributed by atoms with Gasteiger partial charge in [-0.15, -0.1) is 21.5 Å². The van der Waals surface area contributed by atoms with Crippen LogP contribution in [0.15, 0.2) is 89.2 Å². The molecule has 3 aliphatic rings. The Hall–Kier alpha value is -4.71. The molecule has 0 radical (unpaired) electrons. The largest absolute Gasteiger partial charge is 0.468 e. The maximum Gasteiger partial charge on any atom is 0.327 e.